The van der Waals surface area contributed by atoms with Crippen LogP contribution < -0.4 is 19.7 Å². The lowest BCUT2D eigenvalue weighted by molar-refractivity contribution is -0.578. The molecule has 0 saturated heterocycles. The fourth-order valence-corrected chi connectivity index (χ4v) is 3.33. The van der Waals surface area contributed by atoms with E-state index in [4.69, 9.17) is 28.6 Å². The molecular formula is C23H21ClN2O2S. The molecule has 0 unspecified atom stereocenters. The number of benzene rings is 2. The van der Waals surface area contributed by atoms with Crippen LogP contribution in [0.25, 0.3) is 11.5 Å². The Labute approximate surface area is 181 Å². The van der Waals surface area contributed by atoms with E-state index in [2.05, 4.69) is 5.32 Å². The van der Waals surface area contributed by atoms with Crippen LogP contribution in [0.2, 0.25) is 5.02 Å². The fourth-order valence-electron chi connectivity index (χ4n) is 2.83. The van der Waals surface area contributed by atoms with E-state index in [9.17, 15) is 5.11 Å². The molecule has 0 saturated carbocycles. The monoisotopic (exact) mass is 424 g/mol. The van der Waals surface area contributed by atoms with Gasteiger partial charge < -0.3 is 15.2 Å². The molecule has 1 heterocycles. The molecule has 29 heavy (non-hydrogen) atoms. The van der Waals surface area contributed by atoms with Crippen molar-refractivity contribution in [3.8, 4) is 5.75 Å². The number of pyridine rings is 1. The smallest absolute Gasteiger partial charge is 0.238 e. The van der Waals surface area contributed by atoms with Crippen molar-refractivity contribution >= 4 is 46.0 Å². The number of aromatic nitrogens is 1. The fraction of sp³-hybridized carbons (Fsp3) is 0.130. The lowest BCUT2D eigenvalue weighted by Gasteiger charge is -2.17. The van der Waals surface area contributed by atoms with Gasteiger partial charge in [0.15, 0.2) is 17.4 Å². The molecule has 0 spiro atoms. The minimum atomic E-state index is -0.216. The Kier molecular flexibility index (Phi) is 6.86. The van der Waals surface area contributed by atoms with E-state index in [1.54, 1.807) is 35.0 Å². The van der Waals surface area contributed by atoms with Gasteiger partial charge in [-0.2, -0.15) is 4.57 Å². The van der Waals surface area contributed by atoms with Gasteiger partial charge in [-0.1, -0.05) is 36.0 Å². The molecule has 0 amide bonds. The highest BCUT2D eigenvalue weighted by Gasteiger charge is 2.19. The standard InChI is InChI=1S/C23H21ClN2O2S/c1-3-28-20-11-9-19(10-12-20)25-23(29)21(26-13-5-6-16(2)15-26)22(27)17-7-4-8-18(24)14-17/h4-15H,3H2,1-2H3,(H-,25,27,29). The Balaban J connectivity index is 2.00. The van der Waals surface area contributed by atoms with Crippen molar-refractivity contribution in [1.29, 1.82) is 0 Å². The summed E-state index contributed by atoms with van der Waals surface area (Å²) in [5, 5.41) is 17.0. The maximum absolute atomic E-state index is 13.3. The summed E-state index contributed by atoms with van der Waals surface area (Å²) in [4.78, 5) is 0.315. The number of ether oxygens (including phenoxy) is 1. The van der Waals surface area contributed by atoms with Crippen molar-refractivity contribution in [3.05, 3.63) is 89.2 Å². The first-order valence-electron chi connectivity index (χ1n) is 9.17. The van der Waals surface area contributed by atoms with Crippen LogP contribution in [-0.4, -0.2) is 11.6 Å². The zero-order chi connectivity index (χ0) is 20.8. The Morgan fingerprint density at radius 1 is 1.14 bits per heavy atom. The Bertz CT molecular complexity index is 1050. The number of halogens is 1. The third kappa shape index (κ3) is 5.34. The van der Waals surface area contributed by atoms with Crippen LogP contribution in [0.1, 0.15) is 18.1 Å². The number of rotatable bonds is 6. The quantitative estimate of drug-likeness (QED) is 0.274. The number of anilines is 1. The van der Waals surface area contributed by atoms with E-state index in [1.165, 1.54) is 0 Å². The maximum Gasteiger partial charge on any atom is 0.238 e. The summed E-state index contributed by atoms with van der Waals surface area (Å²) < 4.78 is 7.21. The van der Waals surface area contributed by atoms with Crippen molar-refractivity contribution in [2.45, 2.75) is 13.8 Å². The van der Waals surface area contributed by atoms with Crippen LogP contribution in [0.4, 0.5) is 5.69 Å². The van der Waals surface area contributed by atoms with Gasteiger partial charge in [0.1, 0.15) is 5.75 Å². The molecule has 0 aliphatic carbocycles. The summed E-state index contributed by atoms with van der Waals surface area (Å²) in [5.74, 6) is 0.558. The van der Waals surface area contributed by atoms with Crippen LogP contribution in [0.3, 0.4) is 0 Å². The highest BCUT2D eigenvalue weighted by atomic mass is 35.5. The van der Waals surface area contributed by atoms with Crippen molar-refractivity contribution in [3.63, 3.8) is 0 Å². The highest BCUT2D eigenvalue weighted by Crippen LogP contribution is 2.21. The van der Waals surface area contributed by atoms with Gasteiger partial charge in [-0.15, -0.1) is 0 Å². The number of aryl methyl sites for hydroxylation is 1. The van der Waals surface area contributed by atoms with E-state index < -0.39 is 0 Å². The summed E-state index contributed by atoms with van der Waals surface area (Å²) in [7, 11) is 0. The molecule has 0 bridgehead atoms. The third-order valence-electron chi connectivity index (χ3n) is 4.15. The van der Waals surface area contributed by atoms with Crippen molar-refractivity contribution in [1.82, 2.24) is 0 Å². The van der Waals surface area contributed by atoms with Crippen LogP contribution in [0.15, 0.2) is 73.1 Å². The molecule has 3 aromatic rings. The second kappa shape index (κ2) is 9.54. The molecule has 6 heteroatoms. The summed E-state index contributed by atoms with van der Waals surface area (Å²) in [5.41, 5.74) is 2.59. The van der Waals surface area contributed by atoms with Gasteiger partial charge in [-0.3, -0.25) is 0 Å². The Morgan fingerprint density at radius 3 is 2.55 bits per heavy atom. The lowest BCUT2D eigenvalue weighted by atomic mass is 10.1. The largest absolute Gasteiger partial charge is 0.867 e. The number of hydrogen-bond acceptors (Lipinski definition) is 3. The zero-order valence-electron chi connectivity index (χ0n) is 16.2. The van der Waals surface area contributed by atoms with E-state index in [1.807, 2.05) is 56.4 Å². The second-order valence-electron chi connectivity index (χ2n) is 6.39. The van der Waals surface area contributed by atoms with Crippen LogP contribution in [0, 0.1) is 6.92 Å². The zero-order valence-corrected chi connectivity index (χ0v) is 17.8. The van der Waals surface area contributed by atoms with E-state index >= 15 is 0 Å². The molecule has 4 nitrogen and oxygen atoms in total. The molecule has 0 radical (unpaired) electrons. The minimum Gasteiger partial charge on any atom is -0.867 e. The van der Waals surface area contributed by atoms with Crippen LogP contribution in [0.5, 0.6) is 5.75 Å². The summed E-state index contributed by atoms with van der Waals surface area (Å²) >= 11 is 11.7. The van der Waals surface area contributed by atoms with Gasteiger partial charge in [0, 0.05) is 22.3 Å². The van der Waals surface area contributed by atoms with Crippen molar-refractivity contribution < 1.29 is 14.4 Å². The molecular weight excluding hydrogens is 404 g/mol. The molecule has 3 rings (SSSR count). The summed E-state index contributed by atoms with van der Waals surface area (Å²) in [6, 6.07) is 18.1. The predicted molar refractivity (Wildman–Crippen MR) is 120 cm³/mol. The first-order valence-corrected chi connectivity index (χ1v) is 9.96. The SMILES string of the molecule is CCOc1ccc(NC(=S)C(=C([O-])c2cccc(Cl)c2)[n+]2cccc(C)c2)cc1. The highest BCUT2D eigenvalue weighted by molar-refractivity contribution is 7.81. The van der Waals surface area contributed by atoms with Gasteiger partial charge in [0.2, 0.25) is 5.70 Å². The maximum atomic E-state index is 13.3. The summed E-state index contributed by atoms with van der Waals surface area (Å²) in [6.07, 6.45) is 3.67. The molecule has 2 aromatic carbocycles. The number of nitrogens with one attached hydrogen (secondary N) is 1. The molecule has 1 aromatic heterocycles. The van der Waals surface area contributed by atoms with Crippen molar-refractivity contribution in [2.75, 3.05) is 11.9 Å². The molecule has 0 aliphatic rings. The van der Waals surface area contributed by atoms with Crippen LogP contribution >= 0.6 is 23.8 Å². The predicted octanol–water partition coefficient (Wildman–Crippen LogP) is 4.46. The minimum absolute atomic E-state index is 0.216. The summed E-state index contributed by atoms with van der Waals surface area (Å²) in [6.45, 7) is 4.49. The average molecular weight is 425 g/mol. The Morgan fingerprint density at radius 2 is 1.90 bits per heavy atom. The van der Waals surface area contributed by atoms with E-state index in [0.717, 1.165) is 17.0 Å². The van der Waals surface area contributed by atoms with Gasteiger partial charge in [-0.05, 0) is 67.6 Å². The van der Waals surface area contributed by atoms with Gasteiger partial charge >= 0.3 is 0 Å². The van der Waals surface area contributed by atoms with Crippen LogP contribution in [-0.2, 0) is 0 Å². The van der Waals surface area contributed by atoms with Crippen molar-refractivity contribution in [2.24, 2.45) is 0 Å². The van der Waals surface area contributed by atoms with Gasteiger partial charge in [-0.25, -0.2) is 0 Å². The molecule has 1 N–H and O–H groups in total. The lowest BCUT2D eigenvalue weighted by Crippen LogP contribution is -2.40. The molecule has 0 atom stereocenters. The normalized spacial score (nSPS) is 11.6. The first kappa shape index (κ1) is 20.8. The molecule has 148 valence electrons. The number of thiocarbonyl (C=S) groups is 1. The van der Waals surface area contributed by atoms with Gasteiger partial charge in [0.25, 0.3) is 0 Å². The third-order valence-corrected chi connectivity index (χ3v) is 4.68. The van der Waals surface area contributed by atoms with E-state index in [-0.39, 0.29) is 5.76 Å². The van der Waals surface area contributed by atoms with Gasteiger partial charge in [0.05, 0.1) is 6.61 Å². The second-order valence-corrected chi connectivity index (χ2v) is 7.23. The number of hydrogen-bond donors (Lipinski definition) is 1. The Hall–Kier alpha value is -2.89. The average Bonchev–Trinajstić information content (AvgIpc) is 2.70. The van der Waals surface area contributed by atoms with E-state index in [0.29, 0.717) is 27.9 Å². The topological polar surface area (TPSA) is 48.2 Å². The number of nitrogens with zero attached hydrogens (tertiary/aromatic N) is 1. The molecule has 0 fully saturated rings. The first-order chi connectivity index (χ1) is 14.0. The molecule has 0 aliphatic heterocycles.